The summed E-state index contributed by atoms with van der Waals surface area (Å²) in [5.41, 5.74) is 0.237. The van der Waals surface area contributed by atoms with E-state index in [4.69, 9.17) is 4.99 Å². The molecule has 1 aromatic rings. The number of nitrogens with zero attached hydrogens (tertiary/aromatic N) is 4. The van der Waals surface area contributed by atoms with Crippen molar-refractivity contribution in [2.24, 2.45) is 4.99 Å². The van der Waals surface area contributed by atoms with Crippen LogP contribution in [0.4, 0.5) is 0 Å². The number of hydrogen-bond acceptors (Lipinski definition) is 5. The Bertz CT molecular complexity index is 635. The summed E-state index contributed by atoms with van der Waals surface area (Å²) >= 11 is 1.83. The summed E-state index contributed by atoms with van der Waals surface area (Å²) in [5.74, 6) is 0.954. The Morgan fingerprint density at radius 1 is 1.13 bits per heavy atom. The van der Waals surface area contributed by atoms with Crippen LogP contribution in [0.2, 0.25) is 0 Å². The van der Waals surface area contributed by atoms with E-state index < -0.39 is 0 Å². The molecule has 2 fully saturated rings. The van der Waals surface area contributed by atoms with Crippen molar-refractivity contribution in [3.8, 4) is 0 Å². The zero-order chi connectivity index (χ0) is 20.5. The number of hydrogen-bond donors (Lipinski definition) is 2. The second-order valence-corrected chi connectivity index (χ2v) is 9.72. The molecule has 0 unspecified atom stereocenters. The molecule has 2 N–H and O–H groups in total. The molecular weight excluding hydrogens is 507 g/mol. The lowest BCUT2D eigenvalue weighted by Crippen LogP contribution is -2.58. The zero-order valence-electron chi connectivity index (χ0n) is 19.1. The van der Waals surface area contributed by atoms with Crippen LogP contribution in [0, 0.1) is 0 Å². The molecule has 2 aliphatic rings. The van der Waals surface area contributed by atoms with Gasteiger partial charge in [0.1, 0.15) is 0 Å². The first kappa shape index (κ1) is 25.8. The van der Waals surface area contributed by atoms with Crippen LogP contribution >= 0.6 is 35.3 Å². The molecule has 0 atom stereocenters. The van der Waals surface area contributed by atoms with Crippen LogP contribution in [-0.2, 0) is 12.8 Å². The van der Waals surface area contributed by atoms with Gasteiger partial charge in [-0.1, -0.05) is 13.3 Å². The maximum Gasteiger partial charge on any atom is 0.191 e. The third-order valence-corrected chi connectivity index (χ3v) is 7.60. The second-order valence-electron chi connectivity index (χ2n) is 8.52. The molecule has 172 valence electrons. The first-order valence-corrected chi connectivity index (χ1v) is 12.4. The van der Waals surface area contributed by atoms with Crippen LogP contribution in [0.15, 0.2) is 11.2 Å². The normalized spacial score (nSPS) is 20.6. The molecule has 0 saturated carbocycles. The number of likely N-dealkylation sites (tertiary alicyclic amines) is 2. The smallest absolute Gasteiger partial charge is 0.191 e. The molecule has 0 aromatic carbocycles. The molecule has 0 amide bonds. The van der Waals surface area contributed by atoms with Crippen LogP contribution in [0.5, 0.6) is 0 Å². The fraction of sp³-hybridized carbons (Fsp3) is 0.818. The summed E-state index contributed by atoms with van der Waals surface area (Å²) in [4.78, 5) is 16.2. The molecule has 3 heterocycles. The number of guanidine groups is 1. The monoisotopic (exact) mass is 548 g/mol. The minimum absolute atomic E-state index is 0. The molecule has 8 heteroatoms. The van der Waals surface area contributed by atoms with Crippen molar-refractivity contribution in [1.82, 2.24) is 25.4 Å². The van der Waals surface area contributed by atoms with Gasteiger partial charge < -0.3 is 15.5 Å². The maximum absolute atomic E-state index is 5.08. The summed E-state index contributed by atoms with van der Waals surface area (Å²) in [6, 6.07) is 0. The number of aryl methyl sites for hydroxylation is 1. The first-order valence-electron chi connectivity index (χ1n) is 11.5. The number of rotatable bonds is 8. The molecule has 2 saturated heterocycles. The molecule has 0 radical (unpaired) electrons. The number of halogens is 1. The predicted octanol–water partition coefficient (Wildman–Crippen LogP) is 3.37. The molecule has 3 rings (SSSR count). The Labute approximate surface area is 204 Å². The van der Waals surface area contributed by atoms with E-state index >= 15 is 0 Å². The highest BCUT2D eigenvalue weighted by Crippen LogP contribution is 2.31. The predicted molar refractivity (Wildman–Crippen MR) is 139 cm³/mol. The van der Waals surface area contributed by atoms with Crippen molar-refractivity contribution < 1.29 is 0 Å². The van der Waals surface area contributed by atoms with Crippen molar-refractivity contribution in [3.63, 3.8) is 0 Å². The van der Waals surface area contributed by atoms with E-state index in [2.05, 4.69) is 46.3 Å². The Morgan fingerprint density at radius 2 is 1.87 bits per heavy atom. The fourth-order valence-electron chi connectivity index (χ4n) is 4.46. The molecule has 0 spiro atoms. The zero-order valence-corrected chi connectivity index (χ0v) is 22.2. The molecule has 6 nitrogen and oxygen atoms in total. The Kier molecular flexibility index (Phi) is 11.3. The lowest BCUT2D eigenvalue weighted by Gasteiger charge is -2.49. The van der Waals surface area contributed by atoms with Crippen molar-refractivity contribution in [2.45, 2.75) is 64.3 Å². The SMILES string of the molecule is CCNC(=NCC1(N2CCCCC2)CCN(C)CC1)NCCc1ncc(CC)s1.I. The molecule has 0 bridgehead atoms. The van der Waals surface area contributed by atoms with E-state index in [1.807, 2.05) is 17.5 Å². The minimum atomic E-state index is 0. The Hall–Kier alpha value is -0.450. The van der Waals surface area contributed by atoms with Gasteiger partial charge in [0, 0.05) is 36.1 Å². The first-order chi connectivity index (χ1) is 14.1. The molecule has 1 aromatic heterocycles. The van der Waals surface area contributed by atoms with Crippen molar-refractivity contribution in [3.05, 3.63) is 16.1 Å². The number of aliphatic imine (C=N–C) groups is 1. The number of piperidine rings is 2. The summed E-state index contributed by atoms with van der Waals surface area (Å²) in [5, 5.41) is 8.20. The third kappa shape index (κ3) is 7.31. The van der Waals surface area contributed by atoms with E-state index in [9.17, 15) is 0 Å². The average molecular weight is 549 g/mol. The van der Waals surface area contributed by atoms with Gasteiger partial charge in [-0.05, 0) is 72.3 Å². The van der Waals surface area contributed by atoms with Crippen molar-refractivity contribution in [2.75, 3.05) is 52.9 Å². The third-order valence-electron chi connectivity index (χ3n) is 6.40. The lowest BCUT2D eigenvalue weighted by molar-refractivity contribution is 0.0208. The van der Waals surface area contributed by atoms with Crippen LogP contribution in [0.1, 0.15) is 55.8 Å². The van der Waals surface area contributed by atoms with E-state index in [-0.39, 0.29) is 29.5 Å². The van der Waals surface area contributed by atoms with Crippen LogP contribution in [0.25, 0.3) is 0 Å². The van der Waals surface area contributed by atoms with Gasteiger partial charge in [-0.25, -0.2) is 4.98 Å². The van der Waals surface area contributed by atoms with Crippen LogP contribution < -0.4 is 10.6 Å². The van der Waals surface area contributed by atoms with Gasteiger partial charge in [0.05, 0.1) is 11.6 Å². The minimum Gasteiger partial charge on any atom is -0.357 e. The van der Waals surface area contributed by atoms with Crippen molar-refractivity contribution in [1.29, 1.82) is 0 Å². The lowest BCUT2D eigenvalue weighted by atomic mass is 9.84. The second kappa shape index (κ2) is 13.2. The van der Waals surface area contributed by atoms with E-state index in [1.54, 1.807) is 0 Å². The molecule has 0 aliphatic carbocycles. The number of aromatic nitrogens is 1. The number of nitrogens with one attached hydrogen (secondary N) is 2. The molecule has 2 aliphatic heterocycles. The average Bonchev–Trinajstić information content (AvgIpc) is 3.22. The summed E-state index contributed by atoms with van der Waals surface area (Å²) < 4.78 is 0. The quantitative estimate of drug-likeness (QED) is 0.297. The maximum atomic E-state index is 5.08. The highest BCUT2D eigenvalue weighted by Gasteiger charge is 2.39. The summed E-state index contributed by atoms with van der Waals surface area (Å²) in [6.07, 6.45) is 10.6. The number of thiazole rings is 1. The Morgan fingerprint density at radius 3 is 2.50 bits per heavy atom. The van der Waals surface area contributed by atoms with E-state index in [0.29, 0.717) is 0 Å². The van der Waals surface area contributed by atoms with E-state index in [1.165, 1.54) is 68.2 Å². The highest BCUT2D eigenvalue weighted by atomic mass is 127. The van der Waals surface area contributed by atoms with Crippen LogP contribution in [0.3, 0.4) is 0 Å². The Balaban J connectivity index is 0.00000320. The topological polar surface area (TPSA) is 55.8 Å². The van der Waals surface area contributed by atoms with Gasteiger partial charge in [-0.15, -0.1) is 35.3 Å². The van der Waals surface area contributed by atoms with Crippen molar-refractivity contribution >= 4 is 41.3 Å². The van der Waals surface area contributed by atoms with Gasteiger partial charge in [0.2, 0.25) is 0 Å². The van der Waals surface area contributed by atoms with Gasteiger partial charge in [-0.3, -0.25) is 9.89 Å². The molecular formula is C22H41IN6S. The van der Waals surface area contributed by atoms with Gasteiger partial charge in [-0.2, -0.15) is 0 Å². The van der Waals surface area contributed by atoms with Gasteiger partial charge >= 0.3 is 0 Å². The summed E-state index contributed by atoms with van der Waals surface area (Å²) in [7, 11) is 2.25. The highest BCUT2D eigenvalue weighted by molar-refractivity contribution is 14.0. The van der Waals surface area contributed by atoms with Gasteiger partial charge in [0.25, 0.3) is 0 Å². The van der Waals surface area contributed by atoms with E-state index in [0.717, 1.165) is 38.4 Å². The largest absolute Gasteiger partial charge is 0.357 e. The molecule has 30 heavy (non-hydrogen) atoms. The standard InChI is InChI=1S/C22H40N6S.HI/c1-4-19-17-25-20(29-19)9-12-24-21(23-5-2)26-18-22(10-15-27(3)16-11-22)28-13-7-6-8-14-28;/h17H,4-16,18H2,1-3H3,(H2,23,24,26);1H. The van der Waals surface area contributed by atoms with Gasteiger partial charge in [0.15, 0.2) is 5.96 Å². The summed E-state index contributed by atoms with van der Waals surface area (Å²) in [6.45, 7) is 11.8. The van der Waals surface area contributed by atoms with Crippen LogP contribution in [-0.4, -0.2) is 79.1 Å². The fourth-order valence-corrected chi connectivity index (χ4v) is 5.32.